The van der Waals surface area contributed by atoms with E-state index >= 15 is 0 Å². The Bertz CT molecular complexity index is 301. The molecule has 1 amide bonds. The van der Waals surface area contributed by atoms with Crippen molar-refractivity contribution in [3.63, 3.8) is 0 Å². The number of carbonyl (C=O) groups is 2. The zero-order valence-corrected chi connectivity index (χ0v) is 11.7. The summed E-state index contributed by atoms with van der Waals surface area (Å²) in [6.45, 7) is 7.07. The molecule has 1 saturated heterocycles. The van der Waals surface area contributed by atoms with E-state index in [2.05, 4.69) is 0 Å². The Morgan fingerprint density at radius 1 is 1.22 bits per heavy atom. The topological polar surface area (TPSA) is 55.8 Å². The molecular weight excluding hydrogens is 234 g/mol. The zero-order chi connectivity index (χ0) is 13.8. The fourth-order valence-corrected chi connectivity index (χ4v) is 1.90. The van der Waals surface area contributed by atoms with Gasteiger partial charge in [0.05, 0.1) is 18.6 Å². The maximum absolute atomic E-state index is 11.9. The summed E-state index contributed by atoms with van der Waals surface area (Å²) in [5, 5.41) is 0. The largest absolute Gasteiger partial charge is 0.469 e. The fraction of sp³-hybridized carbons (Fsp3) is 0.846. The van der Waals surface area contributed by atoms with Crippen molar-refractivity contribution >= 4 is 11.9 Å². The highest BCUT2D eigenvalue weighted by atomic mass is 16.5. The van der Waals surface area contributed by atoms with Gasteiger partial charge in [0.2, 0.25) is 5.91 Å². The van der Waals surface area contributed by atoms with Crippen LogP contribution in [0, 0.1) is 5.92 Å². The third-order valence-corrected chi connectivity index (χ3v) is 3.01. The molecule has 5 nitrogen and oxygen atoms in total. The van der Waals surface area contributed by atoms with E-state index in [0.717, 1.165) is 0 Å². The van der Waals surface area contributed by atoms with Gasteiger partial charge in [-0.05, 0) is 33.6 Å². The Balaban J connectivity index is 2.34. The van der Waals surface area contributed by atoms with E-state index in [9.17, 15) is 9.59 Å². The highest BCUT2D eigenvalue weighted by molar-refractivity contribution is 5.78. The highest BCUT2D eigenvalue weighted by Crippen LogP contribution is 2.18. The summed E-state index contributed by atoms with van der Waals surface area (Å²) in [6, 6.07) is 0. The van der Waals surface area contributed by atoms with E-state index in [1.165, 1.54) is 7.11 Å². The number of nitrogens with zero attached hydrogens (tertiary/aromatic N) is 1. The van der Waals surface area contributed by atoms with Crippen LogP contribution in [0.5, 0.6) is 0 Å². The number of ether oxygens (including phenoxy) is 2. The van der Waals surface area contributed by atoms with Gasteiger partial charge in [-0.25, -0.2) is 0 Å². The van der Waals surface area contributed by atoms with Gasteiger partial charge in [-0.1, -0.05) is 0 Å². The summed E-state index contributed by atoms with van der Waals surface area (Å²) in [5.74, 6) is -0.246. The van der Waals surface area contributed by atoms with Gasteiger partial charge in [0, 0.05) is 13.1 Å². The molecule has 0 saturated carbocycles. The molecule has 0 aromatic heterocycles. The third kappa shape index (κ3) is 4.64. The zero-order valence-electron chi connectivity index (χ0n) is 11.7. The monoisotopic (exact) mass is 257 g/mol. The summed E-state index contributed by atoms with van der Waals surface area (Å²) in [7, 11) is 1.40. The normalized spacial score (nSPS) is 17.7. The SMILES string of the molecule is COC(=O)C1CCN(C(=O)COC(C)(C)C)CC1. The Hall–Kier alpha value is -1.10. The Labute approximate surface area is 108 Å². The van der Waals surface area contributed by atoms with Crippen LogP contribution in [0.2, 0.25) is 0 Å². The van der Waals surface area contributed by atoms with E-state index in [0.29, 0.717) is 25.9 Å². The molecule has 0 atom stereocenters. The minimum atomic E-state index is -0.306. The lowest BCUT2D eigenvalue weighted by molar-refractivity contribution is -0.150. The Morgan fingerprint density at radius 3 is 2.22 bits per heavy atom. The molecule has 104 valence electrons. The molecular formula is C13H23NO4. The molecule has 1 aliphatic rings. The Kier molecular flexibility index (Phi) is 5.14. The minimum absolute atomic E-state index is 0.00626. The second kappa shape index (κ2) is 6.18. The van der Waals surface area contributed by atoms with Gasteiger partial charge >= 0.3 is 5.97 Å². The molecule has 0 spiro atoms. The first-order valence-electron chi connectivity index (χ1n) is 6.33. The van der Waals surface area contributed by atoms with E-state index in [1.54, 1.807) is 4.90 Å². The predicted molar refractivity (Wildman–Crippen MR) is 67.0 cm³/mol. The van der Waals surface area contributed by atoms with Crippen LogP contribution in [0.4, 0.5) is 0 Å². The van der Waals surface area contributed by atoms with Gasteiger partial charge in [-0.15, -0.1) is 0 Å². The second-order valence-corrected chi connectivity index (χ2v) is 5.58. The second-order valence-electron chi connectivity index (χ2n) is 5.58. The fourth-order valence-electron chi connectivity index (χ4n) is 1.90. The van der Waals surface area contributed by atoms with Crippen LogP contribution in [0.25, 0.3) is 0 Å². The molecule has 0 aliphatic carbocycles. The summed E-state index contributed by atoms with van der Waals surface area (Å²) in [4.78, 5) is 25.0. The van der Waals surface area contributed by atoms with Crippen molar-refractivity contribution in [2.45, 2.75) is 39.2 Å². The van der Waals surface area contributed by atoms with Crippen molar-refractivity contribution in [2.24, 2.45) is 5.92 Å². The van der Waals surface area contributed by atoms with E-state index in [-0.39, 0.29) is 30.0 Å². The van der Waals surface area contributed by atoms with Crippen molar-refractivity contribution in [3.05, 3.63) is 0 Å². The first-order chi connectivity index (χ1) is 8.33. The van der Waals surface area contributed by atoms with Gasteiger partial charge in [-0.3, -0.25) is 9.59 Å². The summed E-state index contributed by atoms with van der Waals surface area (Å²) >= 11 is 0. The van der Waals surface area contributed by atoms with Gasteiger partial charge in [0.25, 0.3) is 0 Å². The molecule has 1 rings (SSSR count). The van der Waals surface area contributed by atoms with Crippen LogP contribution < -0.4 is 0 Å². The molecule has 1 heterocycles. The smallest absolute Gasteiger partial charge is 0.308 e. The average molecular weight is 257 g/mol. The number of amides is 1. The van der Waals surface area contributed by atoms with Crippen LogP contribution in [0.1, 0.15) is 33.6 Å². The summed E-state index contributed by atoms with van der Waals surface area (Å²) in [6.07, 6.45) is 1.35. The molecule has 18 heavy (non-hydrogen) atoms. The quantitative estimate of drug-likeness (QED) is 0.713. The lowest BCUT2D eigenvalue weighted by Gasteiger charge is -2.31. The molecule has 0 radical (unpaired) electrons. The molecule has 0 N–H and O–H groups in total. The number of piperidine rings is 1. The molecule has 0 aromatic rings. The molecule has 1 aliphatic heterocycles. The number of hydrogen-bond donors (Lipinski definition) is 0. The van der Waals surface area contributed by atoms with Gasteiger partial charge in [0.15, 0.2) is 0 Å². The van der Waals surface area contributed by atoms with Gasteiger partial charge in [0.1, 0.15) is 6.61 Å². The summed E-state index contributed by atoms with van der Waals surface area (Å²) in [5.41, 5.74) is -0.306. The standard InChI is InChI=1S/C13H23NO4/c1-13(2,3)18-9-11(15)14-7-5-10(6-8-14)12(16)17-4/h10H,5-9H2,1-4H3. The first-order valence-corrected chi connectivity index (χ1v) is 6.33. The van der Waals surface area contributed by atoms with Crippen LogP contribution in [-0.2, 0) is 19.1 Å². The van der Waals surface area contributed by atoms with E-state index in [1.807, 2.05) is 20.8 Å². The van der Waals surface area contributed by atoms with Crippen LogP contribution >= 0.6 is 0 Å². The molecule has 1 fully saturated rings. The van der Waals surface area contributed by atoms with Crippen LogP contribution in [0.15, 0.2) is 0 Å². The number of hydrogen-bond acceptors (Lipinski definition) is 4. The van der Waals surface area contributed by atoms with Gasteiger partial charge < -0.3 is 14.4 Å². The van der Waals surface area contributed by atoms with Crippen molar-refractivity contribution in [2.75, 3.05) is 26.8 Å². The predicted octanol–water partition coefficient (Wildman–Crippen LogP) is 1.21. The lowest BCUT2D eigenvalue weighted by atomic mass is 9.97. The lowest BCUT2D eigenvalue weighted by Crippen LogP contribution is -2.43. The van der Waals surface area contributed by atoms with E-state index < -0.39 is 0 Å². The maximum atomic E-state index is 11.9. The first kappa shape index (κ1) is 15.0. The number of likely N-dealkylation sites (tertiary alicyclic amines) is 1. The average Bonchev–Trinajstić information content (AvgIpc) is 2.34. The van der Waals surface area contributed by atoms with Crippen molar-refractivity contribution in [1.82, 2.24) is 4.90 Å². The van der Waals surface area contributed by atoms with E-state index in [4.69, 9.17) is 9.47 Å². The molecule has 5 heteroatoms. The van der Waals surface area contributed by atoms with Crippen molar-refractivity contribution in [3.8, 4) is 0 Å². The highest BCUT2D eigenvalue weighted by Gasteiger charge is 2.28. The third-order valence-electron chi connectivity index (χ3n) is 3.01. The molecule has 0 bridgehead atoms. The molecule has 0 unspecified atom stereocenters. The van der Waals surface area contributed by atoms with Crippen molar-refractivity contribution < 1.29 is 19.1 Å². The summed E-state index contributed by atoms with van der Waals surface area (Å²) < 4.78 is 10.2. The van der Waals surface area contributed by atoms with Crippen LogP contribution in [0.3, 0.4) is 0 Å². The van der Waals surface area contributed by atoms with Crippen molar-refractivity contribution in [1.29, 1.82) is 0 Å². The van der Waals surface area contributed by atoms with Crippen LogP contribution in [-0.4, -0.2) is 49.2 Å². The van der Waals surface area contributed by atoms with Gasteiger partial charge in [-0.2, -0.15) is 0 Å². The number of esters is 1. The minimum Gasteiger partial charge on any atom is -0.469 e. The molecule has 0 aromatic carbocycles. The maximum Gasteiger partial charge on any atom is 0.308 e. The number of carbonyl (C=O) groups excluding carboxylic acids is 2. The number of rotatable bonds is 3. The number of methoxy groups -OCH3 is 1. The Morgan fingerprint density at radius 2 is 1.78 bits per heavy atom.